The van der Waals surface area contributed by atoms with Gasteiger partial charge in [-0.25, -0.2) is 9.97 Å². The highest BCUT2D eigenvalue weighted by Crippen LogP contribution is 2.07. The van der Waals surface area contributed by atoms with Gasteiger partial charge in [0, 0.05) is 6.20 Å². The maximum absolute atomic E-state index is 12.1. The molecule has 3 rings (SSSR count). The van der Waals surface area contributed by atoms with Gasteiger partial charge in [-0.2, -0.15) is 0 Å². The van der Waals surface area contributed by atoms with Crippen LogP contribution in [-0.4, -0.2) is 19.5 Å². The van der Waals surface area contributed by atoms with E-state index in [0.717, 1.165) is 0 Å². The zero-order valence-corrected chi connectivity index (χ0v) is 12.7. The van der Waals surface area contributed by atoms with Crippen LogP contribution in [0.3, 0.4) is 0 Å². The third kappa shape index (κ3) is 2.52. The fourth-order valence-electron chi connectivity index (χ4n) is 2.10. The third-order valence-electron chi connectivity index (χ3n) is 3.17. The number of hydrogen-bond acceptors (Lipinski definition) is 4. The predicted octanol–water partition coefficient (Wildman–Crippen LogP) is 1.60. The van der Waals surface area contributed by atoms with E-state index < -0.39 is 0 Å². The molecular weight excluding hydrogens is 336 g/mol. The fourth-order valence-corrected chi connectivity index (χ4v) is 2.41. The SMILES string of the molecule is Cc1ncc(Br)c(=O)n1Cc1nc2ccccc2c(=O)[nH]1. The van der Waals surface area contributed by atoms with E-state index in [1.165, 1.54) is 10.8 Å². The second-order valence-corrected chi connectivity index (χ2v) is 5.43. The number of aromatic amines is 1. The lowest BCUT2D eigenvalue weighted by atomic mass is 10.2. The topological polar surface area (TPSA) is 80.6 Å². The van der Waals surface area contributed by atoms with E-state index in [1.54, 1.807) is 25.1 Å². The largest absolute Gasteiger partial charge is 0.308 e. The van der Waals surface area contributed by atoms with Crippen LogP contribution in [0.1, 0.15) is 11.6 Å². The summed E-state index contributed by atoms with van der Waals surface area (Å²) in [6, 6.07) is 7.08. The van der Waals surface area contributed by atoms with Gasteiger partial charge in [-0.15, -0.1) is 0 Å². The van der Waals surface area contributed by atoms with E-state index in [2.05, 4.69) is 30.9 Å². The number of benzene rings is 1. The van der Waals surface area contributed by atoms with Crippen LogP contribution in [0.4, 0.5) is 0 Å². The smallest absolute Gasteiger partial charge is 0.268 e. The van der Waals surface area contributed by atoms with E-state index in [-0.39, 0.29) is 17.7 Å². The van der Waals surface area contributed by atoms with Gasteiger partial charge in [-0.3, -0.25) is 14.2 Å². The van der Waals surface area contributed by atoms with E-state index >= 15 is 0 Å². The van der Waals surface area contributed by atoms with Crippen molar-refractivity contribution < 1.29 is 0 Å². The van der Waals surface area contributed by atoms with Gasteiger partial charge in [0.25, 0.3) is 11.1 Å². The van der Waals surface area contributed by atoms with Crippen LogP contribution in [0.2, 0.25) is 0 Å². The predicted molar refractivity (Wildman–Crippen MR) is 82.4 cm³/mol. The molecule has 0 aliphatic rings. The Balaban J connectivity index is 2.13. The molecule has 0 unspecified atom stereocenters. The number of fused-ring (bicyclic) bond motifs is 1. The van der Waals surface area contributed by atoms with Gasteiger partial charge >= 0.3 is 0 Å². The molecule has 0 aliphatic carbocycles. The molecule has 106 valence electrons. The molecule has 0 amide bonds. The van der Waals surface area contributed by atoms with Crippen molar-refractivity contribution in [3.8, 4) is 0 Å². The van der Waals surface area contributed by atoms with Gasteiger partial charge in [-0.05, 0) is 35.0 Å². The molecule has 0 atom stereocenters. The summed E-state index contributed by atoms with van der Waals surface area (Å²) in [5.41, 5.74) is 0.174. The van der Waals surface area contributed by atoms with Crippen molar-refractivity contribution in [1.82, 2.24) is 19.5 Å². The number of hydrogen-bond donors (Lipinski definition) is 1. The number of aryl methyl sites for hydroxylation is 1. The molecule has 0 saturated heterocycles. The molecule has 0 spiro atoms. The first kappa shape index (κ1) is 13.7. The maximum Gasteiger partial charge on any atom is 0.268 e. The Hall–Kier alpha value is -2.28. The lowest BCUT2D eigenvalue weighted by molar-refractivity contribution is 0.665. The van der Waals surface area contributed by atoms with Crippen LogP contribution in [0.15, 0.2) is 44.5 Å². The highest BCUT2D eigenvalue weighted by Gasteiger charge is 2.09. The molecule has 2 aromatic heterocycles. The molecule has 0 saturated carbocycles. The van der Waals surface area contributed by atoms with Crippen molar-refractivity contribution >= 4 is 26.8 Å². The first-order valence-electron chi connectivity index (χ1n) is 6.26. The van der Waals surface area contributed by atoms with Gasteiger partial charge in [0.1, 0.15) is 16.1 Å². The zero-order valence-electron chi connectivity index (χ0n) is 11.1. The standard InChI is InChI=1S/C14H11BrN4O2/c1-8-16-6-10(15)14(21)19(8)7-12-17-11-5-3-2-4-9(11)13(20)18-12/h2-6H,7H2,1H3,(H,17,18,20). The number of para-hydroxylation sites is 1. The average molecular weight is 347 g/mol. The number of halogens is 1. The summed E-state index contributed by atoms with van der Waals surface area (Å²) in [5, 5.41) is 0.526. The monoisotopic (exact) mass is 346 g/mol. The van der Waals surface area contributed by atoms with E-state index in [1.807, 2.05) is 6.07 Å². The summed E-state index contributed by atoms with van der Waals surface area (Å²) in [7, 11) is 0. The number of H-pyrrole nitrogens is 1. The van der Waals surface area contributed by atoms with Crippen LogP contribution in [0.25, 0.3) is 10.9 Å². The molecule has 2 heterocycles. The van der Waals surface area contributed by atoms with E-state index in [4.69, 9.17) is 0 Å². The normalized spacial score (nSPS) is 11.0. The van der Waals surface area contributed by atoms with Gasteiger partial charge in [0.05, 0.1) is 17.4 Å². The molecule has 3 aromatic rings. The molecular formula is C14H11BrN4O2. The molecule has 0 aliphatic heterocycles. The third-order valence-corrected chi connectivity index (χ3v) is 3.72. The summed E-state index contributed by atoms with van der Waals surface area (Å²) >= 11 is 3.16. The summed E-state index contributed by atoms with van der Waals surface area (Å²) in [6.07, 6.45) is 1.46. The van der Waals surface area contributed by atoms with Crippen LogP contribution in [0.5, 0.6) is 0 Å². The van der Waals surface area contributed by atoms with E-state index in [0.29, 0.717) is 27.0 Å². The summed E-state index contributed by atoms with van der Waals surface area (Å²) in [6.45, 7) is 1.89. The van der Waals surface area contributed by atoms with Crippen molar-refractivity contribution in [3.63, 3.8) is 0 Å². The van der Waals surface area contributed by atoms with Crippen molar-refractivity contribution in [2.45, 2.75) is 13.5 Å². The van der Waals surface area contributed by atoms with Crippen LogP contribution in [0, 0.1) is 6.92 Å². The maximum atomic E-state index is 12.1. The Morgan fingerprint density at radius 2 is 2.05 bits per heavy atom. The molecule has 1 N–H and O–H groups in total. The Morgan fingerprint density at radius 3 is 2.86 bits per heavy atom. The van der Waals surface area contributed by atoms with Gasteiger partial charge in [0.2, 0.25) is 0 Å². The van der Waals surface area contributed by atoms with Crippen LogP contribution < -0.4 is 11.1 Å². The second-order valence-electron chi connectivity index (χ2n) is 4.57. The van der Waals surface area contributed by atoms with Crippen molar-refractivity contribution in [2.24, 2.45) is 0 Å². The first-order chi connectivity index (χ1) is 10.1. The van der Waals surface area contributed by atoms with Gasteiger partial charge in [-0.1, -0.05) is 12.1 Å². The average Bonchev–Trinajstić information content (AvgIpc) is 2.48. The lowest BCUT2D eigenvalue weighted by Gasteiger charge is -2.09. The Labute approximate surface area is 127 Å². The van der Waals surface area contributed by atoms with Crippen molar-refractivity contribution in [1.29, 1.82) is 0 Å². The molecule has 7 heteroatoms. The highest BCUT2D eigenvalue weighted by molar-refractivity contribution is 9.10. The minimum atomic E-state index is -0.218. The molecule has 0 fully saturated rings. The minimum absolute atomic E-state index is 0.164. The number of nitrogens with one attached hydrogen (secondary N) is 1. The zero-order chi connectivity index (χ0) is 15.0. The van der Waals surface area contributed by atoms with Crippen molar-refractivity contribution in [3.05, 3.63) is 67.3 Å². The van der Waals surface area contributed by atoms with Gasteiger partial charge < -0.3 is 4.98 Å². The minimum Gasteiger partial charge on any atom is -0.308 e. The summed E-state index contributed by atoms with van der Waals surface area (Å²) in [5.74, 6) is 0.975. The second kappa shape index (κ2) is 5.25. The van der Waals surface area contributed by atoms with Crippen LogP contribution >= 0.6 is 15.9 Å². The summed E-state index contributed by atoms with van der Waals surface area (Å²) in [4.78, 5) is 35.3. The Bertz CT molecular complexity index is 946. The molecule has 0 radical (unpaired) electrons. The number of aromatic nitrogens is 4. The van der Waals surface area contributed by atoms with E-state index in [9.17, 15) is 9.59 Å². The number of rotatable bonds is 2. The Kier molecular flexibility index (Phi) is 3.42. The highest BCUT2D eigenvalue weighted by atomic mass is 79.9. The first-order valence-corrected chi connectivity index (χ1v) is 7.05. The lowest BCUT2D eigenvalue weighted by Crippen LogP contribution is -2.26. The van der Waals surface area contributed by atoms with Crippen LogP contribution in [-0.2, 0) is 6.54 Å². The molecule has 21 heavy (non-hydrogen) atoms. The molecule has 6 nitrogen and oxygen atoms in total. The fraction of sp³-hybridized carbons (Fsp3) is 0.143. The number of nitrogens with zero attached hydrogens (tertiary/aromatic N) is 3. The van der Waals surface area contributed by atoms with Gasteiger partial charge in [0.15, 0.2) is 0 Å². The molecule has 1 aromatic carbocycles. The Morgan fingerprint density at radius 1 is 1.29 bits per heavy atom. The molecule has 0 bridgehead atoms. The van der Waals surface area contributed by atoms with Crippen molar-refractivity contribution in [2.75, 3.05) is 0 Å². The quantitative estimate of drug-likeness (QED) is 0.764. The summed E-state index contributed by atoms with van der Waals surface area (Å²) < 4.78 is 1.83.